The van der Waals surface area contributed by atoms with Gasteiger partial charge in [0, 0.05) is 0 Å². The molecule has 0 amide bonds. The first-order valence-electron chi connectivity index (χ1n) is 0.286. The third-order valence-electron chi connectivity index (χ3n) is 0. The van der Waals surface area contributed by atoms with Gasteiger partial charge in [-0.1, -0.05) is 0 Å². The van der Waals surface area contributed by atoms with Crippen LogP contribution in [0.1, 0.15) is 0 Å². The minimum atomic E-state index is -0.125. The Hall–Kier alpha value is 3.71. The summed E-state index contributed by atoms with van der Waals surface area (Å²) in [6.45, 7) is 0. The Bertz CT molecular complexity index is 11.5. The van der Waals surface area contributed by atoms with Crippen LogP contribution in [0.3, 0.4) is 0 Å². The molecule has 0 bridgehead atoms. The number of hydrogen-bond acceptors (Lipinski definition) is 0. The van der Waals surface area contributed by atoms with Crippen molar-refractivity contribution in [2.75, 3.05) is 0 Å². The van der Waals surface area contributed by atoms with Gasteiger partial charge in [-0.15, -0.1) is 0 Å². The van der Waals surface area contributed by atoms with Gasteiger partial charge in [0.1, 0.15) is 0 Å². The molecule has 0 radical (unpaired) electrons. The van der Waals surface area contributed by atoms with Gasteiger partial charge in [-0.2, -0.15) is 0 Å². The summed E-state index contributed by atoms with van der Waals surface area (Å²) in [7, 11) is 5.03. The van der Waals surface area contributed by atoms with Gasteiger partial charge in [0.2, 0.25) is 0 Å². The molecular formula is Ag2BrClI2. The summed E-state index contributed by atoms with van der Waals surface area (Å²) in [5.74, 6) is 0. The van der Waals surface area contributed by atoms with Gasteiger partial charge in [-0.3, -0.25) is 0 Å². The summed E-state index contributed by atoms with van der Waals surface area (Å²) >= 11 is 2.90. The first-order chi connectivity index (χ1) is 1.41. The van der Waals surface area contributed by atoms with E-state index in [1.165, 1.54) is 0 Å². The molecule has 50 valence electrons. The molecule has 0 aliphatic rings. The van der Waals surface area contributed by atoms with E-state index in [1.54, 1.807) is 0 Å². The Labute approximate surface area is 106 Å². The van der Waals surface area contributed by atoms with Crippen LogP contribution < -0.4 is 41.8 Å². The molecule has 0 unspecified atom stereocenters. The van der Waals surface area contributed by atoms with E-state index in [2.05, 4.69) is 12.7 Å². The van der Waals surface area contributed by atoms with Crippen molar-refractivity contribution in [1.82, 2.24) is 0 Å². The van der Waals surface area contributed by atoms with Crippen LogP contribution in [0, 0.1) is 0 Å². The maximum absolute atomic E-state index is 5.03. The summed E-state index contributed by atoms with van der Waals surface area (Å²) in [4.78, 5) is 0. The minimum Gasteiger partial charge on any atom is -1.00 e. The normalized spacial score (nSPS) is 3.67. The maximum Gasteiger partial charge on any atom is 1.00 e. The Morgan fingerprint density at radius 3 is 1.33 bits per heavy atom. The SMILES string of the molecule is Cl[I-]Br.[Ag+].[Ag+].[I-]. The van der Waals surface area contributed by atoms with Gasteiger partial charge in [0.25, 0.3) is 0 Å². The first kappa shape index (κ1) is 22.6. The molecule has 0 aliphatic heterocycles. The van der Waals surface area contributed by atoms with E-state index in [0.29, 0.717) is 0 Å². The Morgan fingerprint density at radius 1 is 1.33 bits per heavy atom. The molecule has 0 aliphatic carbocycles. The third-order valence-corrected chi connectivity index (χ3v) is 0. The molecule has 0 spiro atoms. The zero-order valence-electron chi connectivity index (χ0n) is 2.11. The van der Waals surface area contributed by atoms with Crippen molar-refractivity contribution in [3.63, 3.8) is 0 Å². The molecule has 0 fully saturated rings. The second-order valence-corrected chi connectivity index (χ2v) is 5.65. The fourth-order valence-electron chi connectivity index (χ4n) is 0. The van der Waals surface area contributed by atoms with Gasteiger partial charge < -0.3 is 24.0 Å². The summed E-state index contributed by atoms with van der Waals surface area (Å²) in [6, 6.07) is 0. The molecule has 0 aromatic carbocycles. The fraction of sp³-hybridized carbons (Fsp3) is 0. The molecule has 0 heterocycles. The van der Waals surface area contributed by atoms with E-state index < -0.39 is 0 Å². The van der Waals surface area contributed by atoms with Gasteiger partial charge in [-0.25, -0.2) is 0 Å². The maximum atomic E-state index is 5.03. The average Bonchev–Trinajstić information content (AvgIpc) is 0.918. The van der Waals surface area contributed by atoms with Crippen molar-refractivity contribution in [2.24, 2.45) is 0 Å². The Kier molecular flexibility index (Phi) is 87.9. The second-order valence-electron chi connectivity index (χ2n) is 0.0540. The average molecular weight is 585 g/mol. The molecule has 0 nitrogen and oxygen atoms in total. The van der Waals surface area contributed by atoms with Crippen LogP contribution in [0.5, 0.6) is 0 Å². The summed E-state index contributed by atoms with van der Waals surface area (Å²) in [5.41, 5.74) is 0. The topological polar surface area (TPSA) is 0 Å². The van der Waals surface area contributed by atoms with E-state index in [-0.39, 0.29) is 86.6 Å². The van der Waals surface area contributed by atoms with Gasteiger partial charge in [0.05, 0.1) is 0 Å². The van der Waals surface area contributed by atoms with Crippen LogP contribution in [0.2, 0.25) is 0 Å². The van der Waals surface area contributed by atoms with Crippen molar-refractivity contribution >= 4 is 21.6 Å². The quantitative estimate of drug-likeness (QED) is 0.199. The van der Waals surface area contributed by atoms with Gasteiger partial charge >= 0.3 is 84.2 Å². The van der Waals surface area contributed by atoms with Crippen LogP contribution in [0.4, 0.5) is 0 Å². The van der Waals surface area contributed by atoms with Crippen LogP contribution in [0.15, 0.2) is 0 Å². The van der Waals surface area contributed by atoms with Crippen molar-refractivity contribution in [3.05, 3.63) is 0 Å². The molecule has 6 heavy (non-hydrogen) atoms. The minimum absolute atomic E-state index is 0. The molecule has 0 atom stereocenters. The van der Waals surface area contributed by atoms with Gasteiger partial charge in [0.15, 0.2) is 0 Å². The van der Waals surface area contributed by atoms with Crippen molar-refractivity contribution in [3.8, 4) is 0 Å². The zero-order valence-corrected chi connectivity index (χ0v) is 11.7. The summed E-state index contributed by atoms with van der Waals surface area (Å²) in [5, 5.41) is 0. The van der Waals surface area contributed by atoms with Crippen molar-refractivity contribution in [2.45, 2.75) is 0 Å². The number of hydrogen-bond donors (Lipinski definition) is 0. The number of halogens is 4. The molecule has 0 N–H and O–H groups in total. The monoisotopic (exact) mass is 582 g/mol. The smallest absolute Gasteiger partial charge is 1.00 e. The molecule has 0 aromatic rings. The Balaban J connectivity index is -0.00000000667. The molecule has 0 aromatic heterocycles. The van der Waals surface area contributed by atoms with Gasteiger partial charge in [-0.05, 0) is 0 Å². The fourth-order valence-corrected chi connectivity index (χ4v) is 0. The van der Waals surface area contributed by atoms with E-state index >= 15 is 0 Å². The van der Waals surface area contributed by atoms with E-state index in [1.807, 2.05) is 0 Å². The van der Waals surface area contributed by atoms with E-state index in [4.69, 9.17) is 8.91 Å². The molecule has 6 heteroatoms. The molecule has 0 rings (SSSR count). The van der Waals surface area contributed by atoms with E-state index in [9.17, 15) is 0 Å². The summed E-state index contributed by atoms with van der Waals surface area (Å²) < 4.78 is 0. The van der Waals surface area contributed by atoms with E-state index in [0.717, 1.165) is 0 Å². The molecule has 0 saturated carbocycles. The van der Waals surface area contributed by atoms with Crippen LogP contribution in [-0.4, -0.2) is 0 Å². The zero-order chi connectivity index (χ0) is 2.71. The van der Waals surface area contributed by atoms with Crippen LogP contribution >= 0.6 is 21.6 Å². The molecular weight excluding hydrogens is 585 g/mol. The predicted molar refractivity (Wildman–Crippen MR) is 14.8 cm³/mol. The molecule has 0 saturated heterocycles. The predicted octanol–water partition coefficient (Wildman–Crippen LogP) is -4.46. The largest absolute Gasteiger partial charge is 1.00 e. The first-order valence-corrected chi connectivity index (χ1v) is 7.85. The second kappa shape index (κ2) is 23.3. The summed E-state index contributed by atoms with van der Waals surface area (Å²) in [6.07, 6.45) is 0. The number of rotatable bonds is 0. The third kappa shape index (κ3) is 25.2. The van der Waals surface area contributed by atoms with Crippen LogP contribution in [-0.2, 0) is 44.8 Å². The van der Waals surface area contributed by atoms with Crippen molar-refractivity contribution in [1.29, 1.82) is 0 Å². The standard InChI is InChI=1S/2Ag.BrClI.HI/c;;1-3-2;/h;;;1H/q2*+1;-1;/p-1. The van der Waals surface area contributed by atoms with Crippen molar-refractivity contribution < 1.29 is 86.6 Å². The Morgan fingerprint density at radius 2 is 1.33 bits per heavy atom. The van der Waals surface area contributed by atoms with Crippen LogP contribution in [0.25, 0.3) is 0 Å².